The van der Waals surface area contributed by atoms with Gasteiger partial charge in [0.25, 0.3) is 5.91 Å². The van der Waals surface area contributed by atoms with E-state index in [0.717, 1.165) is 39.1 Å². The summed E-state index contributed by atoms with van der Waals surface area (Å²) < 4.78 is 0. The van der Waals surface area contributed by atoms with E-state index in [1.54, 1.807) is 18.2 Å². The SMILES string of the molecule is O=C(c1ccc(Cl)c(Cl)c1)N1CCCN(CC=Cc2ccccc2)CC1. The summed E-state index contributed by atoms with van der Waals surface area (Å²) in [6.07, 6.45) is 5.29. The van der Waals surface area contributed by atoms with E-state index in [4.69, 9.17) is 23.2 Å². The van der Waals surface area contributed by atoms with Gasteiger partial charge in [-0.3, -0.25) is 9.69 Å². The van der Waals surface area contributed by atoms with Gasteiger partial charge in [0.2, 0.25) is 0 Å². The molecule has 1 aliphatic rings. The van der Waals surface area contributed by atoms with E-state index in [2.05, 4.69) is 29.2 Å². The van der Waals surface area contributed by atoms with Gasteiger partial charge in [0.05, 0.1) is 10.0 Å². The smallest absolute Gasteiger partial charge is 0.253 e. The zero-order valence-electron chi connectivity index (χ0n) is 14.6. The van der Waals surface area contributed by atoms with Crippen LogP contribution in [0, 0.1) is 0 Å². The zero-order valence-corrected chi connectivity index (χ0v) is 16.1. The van der Waals surface area contributed by atoms with Crippen LogP contribution in [-0.4, -0.2) is 48.4 Å². The van der Waals surface area contributed by atoms with Gasteiger partial charge in [-0.2, -0.15) is 0 Å². The van der Waals surface area contributed by atoms with Crippen molar-refractivity contribution in [2.24, 2.45) is 0 Å². The monoisotopic (exact) mass is 388 g/mol. The number of hydrogen-bond acceptors (Lipinski definition) is 2. The Morgan fingerprint density at radius 2 is 1.77 bits per heavy atom. The second kappa shape index (κ2) is 9.22. The molecule has 1 fully saturated rings. The van der Waals surface area contributed by atoms with Crippen molar-refractivity contribution in [3.63, 3.8) is 0 Å². The molecular formula is C21H22Cl2N2O. The lowest BCUT2D eigenvalue weighted by Crippen LogP contribution is -2.35. The van der Waals surface area contributed by atoms with Gasteiger partial charge in [-0.1, -0.05) is 65.7 Å². The first-order valence-electron chi connectivity index (χ1n) is 8.82. The van der Waals surface area contributed by atoms with Crippen molar-refractivity contribution in [2.45, 2.75) is 6.42 Å². The van der Waals surface area contributed by atoms with Crippen molar-refractivity contribution in [1.82, 2.24) is 9.80 Å². The van der Waals surface area contributed by atoms with E-state index in [0.29, 0.717) is 15.6 Å². The topological polar surface area (TPSA) is 23.6 Å². The Morgan fingerprint density at radius 3 is 2.54 bits per heavy atom. The lowest BCUT2D eigenvalue weighted by molar-refractivity contribution is 0.0762. The average Bonchev–Trinajstić information content (AvgIpc) is 2.90. The van der Waals surface area contributed by atoms with Crippen molar-refractivity contribution in [3.8, 4) is 0 Å². The molecule has 1 amide bonds. The Morgan fingerprint density at radius 1 is 0.962 bits per heavy atom. The molecule has 2 aromatic rings. The molecule has 3 rings (SSSR count). The Bertz CT molecular complexity index is 777. The Hall–Kier alpha value is -1.81. The van der Waals surface area contributed by atoms with Crippen molar-refractivity contribution >= 4 is 35.2 Å². The number of nitrogens with zero attached hydrogens (tertiary/aromatic N) is 2. The molecule has 0 N–H and O–H groups in total. The van der Waals surface area contributed by atoms with Crippen LogP contribution in [-0.2, 0) is 0 Å². The molecule has 136 valence electrons. The summed E-state index contributed by atoms with van der Waals surface area (Å²) in [5, 5.41) is 0.885. The van der Waals surface area contributed by atoms with Crippen LogP contribution >= 0.6 is 23.2 Å². The highest BCUT2D eigenvalue weighted by atomic mass is 35.5. The maximum Gasteiger partial charge on any atom is 0.253 e. The molecule has 1 saturated heterocycles. The molecule has 26 heavy (non-hydrogen) atoms. The third kappa shape index (κ3) is 5.10. The van der Waals surface area contributed by atoms with Gasteiger partial charge in [0.1, 0.15) is 0 Å². The molecule has 0 bridgehead atoms. The summed E-state index contributed by atoms with van der Waals surface area (Å²) >= 11 is 12.0. The van der Waals surface area contributed by atoms with Crippen molar-refractivity contribution in [3.05, 3.63) is 75.8 Å². The predicted molar refractivity (Wildman–Crippen MR) is 109 cm³/mol. The second-order valence-electron chi connectivity index (χ2n) is 6.39. The molecule has 1 heterocycles. The van der Waals surface area contributed by atoms with Crippen molar-refractivity contribution < 1.29 is 4.79 Å². The van der Waals surface area contributed by atoms with E-state index in [-0.39, 0.29) is 5.91 Å². The number of carbonyl (C=O) groups excluding carboxylic acids is 1. The second-order valence-corrected chi connectivity index (χ2v) is 7.20. The van der Waals surface area contributed by atoms with Crippen molar-refractivity contribution in [2.75, 3.05) is 32.7 Å². The summed E-state index contributed by atoms with van der Waals surface area (Å²) in [6.45, 7) is 4.23. The standard InChI is InChI=1S/C21H22Cl2N2O/c22-19-10-9-18(16-20(19)23)21(26)25-13-5-12-24(14-15-25)11-4-8-17-6-2-1-3-7-17/h1-4,6-10,16H,5,11-15H2. The molecule has 0 saturated carbocycles. The maximum atomic E-state index is 12.7. The van der Waals surface area contributed by atoms with Crippen molar-refractivity contribution in [1.29, 1.82) is 0 Å². The van der Waals surface area contributed by atoms with Crippen LogP contribution in [0.25, 0.3) is 6.08 Å². The average molecular weight is 389 g/mol. The number of rotatable bonds is 4. The van der Waals surface area contributed by atoms with Gasteiger partial charge < -0.3 is 4.90 Å². The van der Waals surface area contributed by atoms with E-state index >= 15 is 0 Å². The van der Waals surface area contributed by atoms with Crippen LogP contribution in [0.5, 0.6) is 0 Å². The van der Waals surface area contributed by atoms with Gasteiger partial charge in [0.15, 0.2) is 0 Å². The number of benzene rings is 2. The number of halogens is 2. The highest BCUT2D eigenvalue weighted by Gasteiger charge is 2.20. The Labute approximate surface area is 164 Å². The Balaban J connectivity index is 1.55. The quantitative estimate of drug-likeness (QED) is 0.746. The first kappa shape index (κ1) is 19.0. The van der Waals surface area contributed by atoms with Gasteiger partial charge in [-0.15, -0.1) is 0 Å². The van der Waals surface area contributed by atoms with Gasteiger partial charge in [-0.25, -0.2) is 0 Å². The zero-order chi connectivity index (χ0) is 18.4. The maximum absolute atomic E-state index is 12.7. The van der Waals surface area contributed by atoms with Gasteiger partial charge in [0, 0.05) is 38.3 Å². The van der Waals surface area contributed by atoms with Crippen LogP contribution in [0.4, 0.5) is 0 Å². The van der Waals surface area contributed by atoms with E-state index in [9.17, 15) is 4.79 Å². The molecule has 0 spiro atoms. The van der Waals surface area contributed by atoms with Crippen LogP contribution < -0.4 is 0 Å². The van der Waals surface area contributed by atoms with Gasteiger partial charge >= 0.3 is 0 Å². The van der Waals surface area contributed by atoms with Crippen LogP contribution in [0.15, 0.2) is 54.6 Å². The van der Waals surface area contributed by atoms with Crippen LogP contribution in [0.2, 0.25) is 10.0 Å². The molecule has 2 aromatic carbocycles. The summed E-state index contributed by atoms with van der Waals surface area (Å²) in [7, 11) is 0. The summed E-state index contributed by atoms with van der Waals surface area (Å²) in [5.74, 6) is 0.0187. The lowest BCUT2D eigenvalue weighted by Gasteiger charge is -2.21. The largest absolute Gasteiger partial charge is 0.337 e. The number of carbonyl (C=O) groups is 1. The minimum absolute atomic E-state index is 0.0187. The van der Waals surface area contributed by atoms with E-state index < -0.39 is 0 Å². The fraction of sp³-hybridized carbons (Fsp3) is 0.286. The molecule has 0 radical (unpaired) electrons. The molecule has 3 nitrogen and oxygen atoms in total. The van der Waals surface area contributed by atoms with Crippen LogP contribution in [0.1, 0.15) is 22.3 Å². The first-order valence-corrected chi connectivity index (χ1v) is 9.57. The van der Waals surface area contributed by atoms with Crippen LogP contribution in [0.3, 0.4) is 0 Å². The first-order chi connectivity index (χ1) is 12.6. The Kier molecular flexibility index (Phi) is 6.73. The lowest BCUT2D eigenvalue weighted by atomic mass is 10.2. The summed E-state index contributed by atoms with van der Waals surface area (Å²) in [6, 6.07) is 15.4. The van der Waals surface area contributed by atoms with E-state index in [1.807, 2.05) is 23.1 Å². The number of amides is 1. The van der Waals surface area contributed by atoms with Gasteiger partial charge in [-0.05, 0) is 30.2 Å². The third-order valence-electron chi connectivity index (χ3n) is 4.52. The number of hydrogen-bond donors (Lipinski definition) is 0. The molecule has 0 aromatic heterocycles. The fourth-order valence-electron chi connectivity index (χ4n) is 3.07. The molecule has 5 heteroatoms. The minimum Gasteiger partial charge on any atom is -0.337 e. The summed E-state index contributed by atoms with van der Waals surface area (Å²) in [4.78, 5) is 17.0. The summed E-state index contributed by atoms with van der Waals surface area (Å²) in [5.41, 5.74) is 1.80. The molecule has 0 unspecified atom stereocenters. The molecule has 1 aliphatic heterocycles. The normalized spacial score (nSPS) is 16.0. The van der Waals surface area contributed by atoms with E-state index in [1.165, 1.54) is 5.56 Å². The molecule has 0 aliphatic carbocycles. The molecular weight excluding hydrogens is 367 g/mol. The predicted octanol–water partition coefficient (Wildman–Crippen LogP) is 4.85. The highest BCUT2D eigenvalue weighted by Crippen LogP contribution is 2.23. The third-order valence-corrected chi connectivity index (χ3v) is 5.25. The fourth-order valence-corrected chi connectivity index (χ4v) is 3.37. The minimum atomic E-state index is 0.0187. The molecule has 0 atom stereocenters. The highest BCUT2D eigenvalue weighted by molar-refractivity contribution is 6.42.